The molecule has 2 nitrogen and oxygen atoms in total. The van der Waals surface area contributed by atoms with Gasteiger partial charge < -0.3 is 0 Å². The van der Waals surface area contributed by atoms with E-state index in [2.05, 4.69) is 43.5 Å². The van der Waals surface area contributed by atoms with Crippen LogP contribution in [0.2, 0.25) is 0 Å². The number of hydrogen-bond acceptors (Lipinski definition) is 2. The summed E-state index contributed by atoms with van der Waals surface area (Å²) in [5.41, 5.74) is 5.91. The maximum atomic E-state index is 5.59. The van der Waals surface area contributed by atoms with Gasteiger partial charge in [0, 0.05) is 12.0 Å². The molecule has 76 valence electrons. The zero-order valence-corrected chi connectivity index (χ0v) is 8.83. The molecule has 0 radical (unpaired) electrons. The summed E-state index contributed by atoms with van der Waals surface area (Å²) in [5, 5.41) is 0. The van der Waals surface area contributed by atoms with E-state index >= 15 is 0 Å². The van der Waals surface area contributed by atoms with Crippen LogP contribution in [-0.4, -0.2) is 6.04 Å². The molecule has 14 heavy (non-hydrogen) atoms. The van der Waals surface area contributed by atoms with E-state index in [1.165, 1.54) is 17.5 Å². The Morgan fingerprint density at radius 3 is 2.64 bits per heavy atom. The lowest BCUT2D eigenvalue weighted by Crippen LogP contribution is -2.46. The third-order valence-corrected chi connectivity index (χ3v) is 3.24. The zero-order valence-electron chi connectivity index (χ0n) is 8.83. The molecular formula is C12H18N2. The average Bonchev–Trinajstić information content (AvgIpc) is 2.13. The third kappa shape index (κ3) is 1.45. The van der Waals surface area contributed by atoms with Gasteiger partial charge in [-0.05, 0) is 23.5 Å². The minimum absolute atomic E-state index is 0.407. The first-order valence-corrected chi connectivity index (χ1v) is 5.28. The van der Waals surface area contributed by atoms with E-state index in [1.54, 1.807) is 0 Å². The highest BCUT2D eigenvalue weighted by Crippen LogP contribution is 2.38. The van der Waals surface area contributed by atoms with E-state index in [9.17, 15) is 0 Å². The fourth-order valence-corrected chi connectivity index (χ4v) is 2.39. The van der Waals surface area contributed by atoms with E-state index < -0.39 is 0 Å². The van der Waals surface area contributed by atoms with Gasteiger partial charge in [-0.15, -0.1) is 0 Å². The van der Waals surface area contributed by atoms with Crippen LogP contribution in [0.4, 0.5) is 0 Å². The normalized spacial score (nSPS) is 21.6. The Bertz CT molecular complexity index is 320. The Morgan fingerprint density at radius 2 is 2.07 bits per heavy atom. The quantitative estimate of drug-likeness (QED) is 0.563. The van der Waals surface area contributed by atoms with Gasteiger partial charge >= 0.3 is 0 Å². The van der Waals surface area contributed by atoms with E-state index in [4.69, 9.17) is 5.84 Å². The van der Waals surface area contributed by atoms with Gasteiger partial charge in [-0.3, -0.25) is 11.3 Å². The molecule has 1 aliphatic rings. The molecule has 0 aliphatic heterocycles. The Morgan fingerprint density at radius 1 is 1.36 bits per heavy atom. The van der Waals surface area contributed by atoms with Crippen LogP contribution >= 0.6 is 0 Å². The smallest absolute Gasteiger partial charge is 0.0305 e. The first-order chi connectivity index (χ1) is 6.74. The maximum absolute atomic E-state index is 5.59. The number of nitrogens with two attached hydrogens (primary N) is 1. The van der Waals surface area contributed by atoms with Crippen LogP contribution in [-0.2, 0) is 6.42 Å². The molecule has 2 atom stereocenters. The molecule has 2 heteroatoms. The van der Waals surface area contributed by atoms with Crippen LogP contribution < -0.4 is 11.3 Å². The molecular weight excluding hydrogens is 172 g/mol. The predicted octanol–water partition coefficient (Wildman–Crippen LogP) is 1.81. The summed E-state index contributed by atoms with van der Waals surface area (Å²) in [7, 11) is 0. The van der Waals surface area contributed by atoms with Gasteiger partial charge in [0.15, 0.2) is 0 Å². The largest absolute Gasteiger partial charge is 0.271 e. The first-order valence-electron chi connectivity index (χ1n) is 5.28. The number of hydrazine groups is 1. The average molecular weight is 190 g/mol. The lowest BCUT2D eigenvalue weighted by molar-refractivity contribution is 0.323. The molecule has 0 spiro atoms. The molecule has 1 aliphatic carbocycles. The van der Waals surface area contributed by atoms with E-state index in [0.717, 1.165) is 0 Å². The summed E-state index contributed by atoms with van der Waals surface area (Å²) >= 11 is 0. The molecule has 0 saturated carbocycles. The van der Waals surface area contributed by atoms with Crippen molar-refractivity contribution in [3.05, 3.63) is 35.4 Å². The second-order valence-corrected chi connectivity index (χ2v) is 4.45. The van der Waals surface area contributed by atoms with Crippen molar-refractivity contribution in [1.82, 2.24) is 5.43 Å². The number of fused-ring (bicyclic) bond motifs is 1. The fourth-order valence-electron chi connectivity index (χ4n) is 2.39. The number of benzene rings is 1. The lowest BCUT2D eigenvalue weighted by Gasteiger charge is -2.38. The molecule has 2 unspecified atom stereocenters. The van der Waals surface area contributed by atoms with Crippen molar-refractivity contribution < 1.29 is 0 Å². The Kier molecular flexibility index (Phi) is 2.57. The van der Waals surface area contributed by atoms with E-state index in [0.29, 0.717) is 17.9 Å². The SMILES string of the molecule is CC(C)C(NN)C1Cc2ccccc21. The Balaban J connectivity index is 2.17. The maximum Gasteiger partial charge on any atom is 0.0305 e. The van der Waals surface area contributed by atoms with Crippen LogP contribution in [0.15, 0.2) is 24.3 Å². The van der Waals surface area contributed by atoms with Crippen molar-refractivity contribution in [3.63, 3.8) is 0 Å². The van der Waals surface area contributed by atoms with E-state index in [1.807, 2.05) is 0 Å². The van der Waals surface area contributed by atoms with Crippen molar-refractivity contribution in [3.8, 4) is 0 Å². The van der Waals surface area contributed by atoms with Gasteiger partial charge in [0.1, 0.15) is 0 Å². The second-order valence-electron chi connectivity index (χ2n) is 4.45. The van der Waals surface area contributed by atoms with Gasteiger partial charge in [-0.25, -0.2) is 0 Å². The third-order valence-electron chi connectivity index (χ3n) is 3.24. The fraction of sp³-hybridized carbons (Fsp3) is 0.500. The predicted molar refractivity (Wildman–Crippen MR) is 58.8 cm³/mol. The lowest BCUT2D eigenvalue weighted by atomic mass is 9.71. The summed E-state index contributed by atoms with van der Waals surface area (Å²) in [6.45, 7) is 4.43. The zero-order chi connectivity index (χ0) is 10.1. The Labute approximate surface area is 85.5 Å². The van der Waals surface area contributed by atoms with Crippen molar-refractivity contribution >= 4 is 0 Å². The van der Waals surface area contributed by atoms with Crippen molar-refractivity contribution in [2.24, 2.45) is 11.8 Å². The second kappa shape index (κ2) is 3.71. The molecule has 2 rings (SSSR count). The topological polar surface area (TPSA) is 38.0 Å². The van der Waals surface area contributed by atoms with Crippen molar-refractivity contribution in [2.45, 2.75) is 32.2 Å². The first kappa shape index (κ1) is 9.69. The summed E-state index contributed by atoms with van der Waals surface area (Å²) in [6, 6.07) is 9.05. The highest BCUT2D eigenvalue weighted by atomic mass is 15.2. The van der Waals surface area contributed by atoms with Crippen LogP contribution in [0.1, 0.15) is 30.9 Å². The standard InChI is InChI=1S/C12H18N2/c1-8(2)12(14-13)11-7-9-5-3-4-6-10(9)11/h3-6,8,11-12,14H,7,13H2,1-2H3. The highest BCUT2D eigenvalue weighted by molar-refractivity contribution is 5.41. The van der Waals surface area contributed by atoms with Crippen LogP contribution in [0.25, 0.3) is 0 Å². The van der Waals surface area contributed by atoms with Crippen LogP contribution in [0.3, 0.4) is 0 Å². The number of hydrogen-bond donors (Lipinski definition) is 2. The van der Waals surface area contributed by atoms with Gasteiger partial charge in [-0.2, -0.15) is 0 Å². The molecule has 0 heterocycles. The van der Waals surface area contributed by atoms with Gasteiger partial charge in [0.05, 0.1) is 0 Å². The van der Waals surface area contributed by atoms with Crippen LogP contribution in [0, 0.1) is 5.92 Å². The number of nitrogens with one attached hydrogen (secondary N) is 1. The minimum Gasteiger partial charge on any atom is -0.271 e. The highest BCUT2D eigenvalue weighted by Gasteiger charge is 2.33. The molecule has 0 aromatic heterocycles. The summed E-state index contributed by atoms with van der Waals surface area (Å²) in [6.07, 6.45) is 1.17. The molecule has 1 aromatic carbocycles. The van der Waals surface area contributed by atoms with Crippen LogP contribution in [0.5, 0.6) is 0 Å². The molecule has 3 N–H and O–H groups in total. The summed E-state index contributed by atoms with van der Waals surface area (Å²) < 4.78 is 0. The molecule has 0 amide bonds. The van der Waals surface area contributed by atoms with Gasteiger partial charge in [0.2, 0.25) is 0 Å². The molecule has 0 saturated heterocycles. The minimum atomic E-state index is 0.407. The molecule has 0 bridgehead atoms. The monoisotopic (exact) mass is 190 g/mol. The molecule has 1 aromatic rings. The van der Waals surface area contributed by atoms with Crippen molar-refractivity contribution in [1.29, 1.82) is 0 Å². The summed E-state index contributed by atoms with van der Waals surface area (Å²) in [5.74, 6) is 6.78. The van der Waals surface area contributed by atoms with Gasteiger partial charge in [-0.1, -0.05) is 38.1 Å². The molecule has 0 fully saturated rings. The summed E-state index contributed by atoms with van der Waals surface area (Å²) in [4.78, 5) is 0. The van der Waals surface area contributed by atoms with E-state index in [-0.39, 0.29) is 0 Å². The number of rotatable bonds is 3. The Hall–Kier alpha value is -0.860. The van der Waals surface area contributed by atoms with Crippen molar-refractivity contribution in [2.75, 3.05) is 0 Å². The van der Waals surface area contributed by atoms with Gasteiger partial charge in [0.25, 0.3) is 0 Å².